The fourth-order valence-electron chi connectivity index (χ4n) is 7.25. The average molecular weight is 424 g/mol. The van der Waals surface area contributed by atoms with Crippen molar-refractivity contribution in [3.63, 3.8) is 0 Å². The van der Waals surface area contributed by atoms with Crippen LogP contribution in [0.25, 0.3) is 0 Å². The summed E-state index contributed by atoms with van der Waals surface area (Å²) in [7, 11) is 0. The Balaban J connectivity index is 1.75. The molecule has 0 spiro atoms. The smallest absolute Gasteiger partial charge is 0.374 e. The zero-order chi connectivity index (χ0) is 21.2. The molecule has 162 valence electrons. The predicted molar refractivity (Wildman–Crippen MR) is 79.0 cm³/mol. The predicted octanol–water partition coefficient (Wildman–Crippen LogP) is 5.38. The third-order valence-electron chi connectivity index (χ3n) is 8.65. The van der Waals surface area contributed by atoms with E-state index in [2.05, 4.69) is 0 Å². The van der Waals surface area contributed by atoms with Crippen LogP contribution in [0.5, 0.6) is 0 Å². The Bertz CT molecular complexity index is 657. The van der Waals surface area contributed by atoms with Crippen LogP contribution in [0.1, 0.15) is 33.1 Å². The van der Waals surface area contributed by atoms with Crippen LogP contribution in [0.2, 0.25) is 0 Å². The summed E-state index contributed by atoms with van der Waals surface area (Å²) in [4.78, 5) is 0. The molecule has 28 heavy (non-hydrogen) atoms. The summed E-state index contributed by atoms with van der Waals surface area (Å²) < 4.78 is 124. The van der Waals surface area contributed by atoms with Crippen LogP contribution in [0, 0.1) is 47.3 Å². The van der Waals surface area contributed by atoms with Crippen LogP contribution in [0.4, 0.5) is 39.5 Å². The normalized spacial score (nSPS) is 49.7. The first-order valence-corrected chi connectivity index (χ1v) is 9.41. The monoisotopic (exact) mass is 424 g/mol. The van der Waals surface area contributed by atoms with Gasteiger partial charge in [0.1, 0.15) is 0 Å². The highest BCUT2D eigenvalue weighted by Gasteiger charge is 2.85. The van der Waals surface area contributed by atoms with Crippen molar-refractivity contribution in [3.05, 3.63) is 0 Å². The molecule has 10 heteroatoms. The summed E-state index contributed by atoms with van der Waals surface area (Å²) in [5, 5.41) is 9.41. The van der Waals surface area contributed by atoms with Crippen LogP contribution >= 0.6 is 0 Å². The summed E-state index contributed by atoms with van der Waals surface area (Å²) in [6, 6.07) is 0. The SMILES string of the molecule is CC1C(C)C2CC1C1C2C2CC1C(F)(F)C2(F)CC(O)(C(F)(F)F)C(F)(F)F. The number of halogens is 9. The van der Waals surface area contributed by atoms with Crippen molar-refractivity contribution in [1.82, 2.24) is 0 Å². The fraction of sp³-hybridized carbons (Fsp3) is 1.00. The Morgan fingerprint density at radius 3 is 1.64 bits per heavy atom. The first-order valence-electron chi connectivity index (χ1n) is 9.41. The van der Waals surface area contributed by atoms with Gasteiger partial charge in [0, 0.05) is 18.3 Å². The maximum Gasteiger partial charge on any atom is 0.426 e. The van der Waals surface area contributed by atoms with Gasteiger partial charge >= 0.3 is 12.4 Å². The molecular formula is C18H21F9O. The minimum Gasteiger partial charge on any atom is -0.374 e. The second kappa shape index (κ2) is 5.32. The fourth-order valence-corrected chi connectivity index (χ4v) is 7.25. The third-order valence-corrected chi connectivity index (χ3v) is 8.65. The minimum absolute atomic E-state index is 0.0487. The lowest BCUT2D eigenvalue weighted by atomic mass is 9.59. The van der Waals surface area contributed by atoms with E-state index in [1.165, 1.54) is 0 Å². The molecule has 0 radical (unpaired) electrons. The lowest BCUT2D eigenvalue weighted by Crippen LogP contribution is -2.66. The number of aliphatic hydroxyl groups is 1. The molecule has 4 aliphatic rings. The van der Waals surface area contributed by atoms with Crippen LogP contribution in [-0.4, -0.2) is 34.7 Å². The van der Waals surface area contributed by atoms with Crippen molar-refractivity contribution in [1.29, 1.82) is 0 Å². The van der Waals surface area contributed by atoms with Crippen LogP contribution < -0.4 is 0 Å². The van der Waals surface area contributed by atoms with Crippen LogP contribution in [0.3, 0.4) is 0 Å². The molecule has 0 heterocycles. The van der Waals surface area contributed by atoms with Crippen molar-refractivity contribution in [2.45, 2.75) is 62.7 Å². The van der Waals surface area contributed by atoms with Gasteiger partial charge in [0.2, 0.25) is 0 Å². The maximum absolute atomic E-state index is 15.6. The molecule has 0 aromatic carbocycles. The van der Waals surface area contributed by atoms with Gasteiger partial charge in [-0.25, -0.2) is 13.2 Å². The summed E-state index contributed by atoms with van der Waals surface area (Å²) in [6.45, 7) is 3.78. The van der Waals surface area contributed by atoms with Crippen molar-refractivity contribution in [2.24, 2.45) is 47.3 Å². The summed E-state index contributed by atoms with van der Waals surface area (Å²) in [5.74, 6) is -8.92. The maximum atomic E-state index is 15.6. The Labute approximate surface area is 155 Å². The Morgan fingerprint density at radius 2 is 1.21 bits per heavy atom. The van der Waals surface area contributed by atoms with Crippen LogP contribution in [0.15, 0.2) is 0 Å². The number of fused-ring (bicyclic) bond motifs is 9. The first kappa shape index (κ1) is 20.6. The second-order valence-corrected chi connectivity index (χ2v) is 9.40. The summed E-state index contributed by atoms with van der Waals surface area (Å²) in [6.07, 6.45) is -15.2. The van der Waals surface area contributed by atoms with Gasteiger partial charge in [-0.3, -0.25) is 0 Å². The standard InChI is InChI=1S/C18H21F9O/c1-6-7(2)9-3-8(6)12-10-4-11(13(9)12)16(20,21)14(10,19)5-15(28,17(22,23)24)18(25,26)27/h6-13,28H,3-5H2,1-2H3. The number of alkyl halides is 9. The highest BCUT2D eigenvalue weighted by molar-refractivity contribution is 5.25. The number of hydrogen-bond acceptors (Lipinski definition) is 1. The summed E-state index contributed by atoms with van der Waals surface area (Å²) >= 11 is 0. The van der Waals surface area contributed by atoms with Gasteiger partial charge in [-0.05, 0) is 48.3 Å². The molecule has 4 rings (SSSR count). The van der Waals surface area contributed by atoms with E-state index >= 15 is 4.39 Å². The highest BCUT2D eigenvalue weighted by Crippen LogP contribution is 2.77. The van der Waals surface area contributed by atoms with E-state index in [4.69, 9.17) is 0 Å². The van der Waals surface area contributed by atoms with E-state index in [1.54, 1.807) is 0 Å². The van der Waals surface area contributed by atoms with E-state index in [0.29, 0.717) is 6.42 Å². The Kier molecular flexibility index (Phi) is 3.92. The minimum atomic E-state index is -6.32. The van der Waals surface area contributed by atoms with Gasteiger partial charge < -0.3 is 5.11 Å². The largest absolute Gasteiger partial charge is 0.426 e. The van der Waals surface area contributed by atoms with Crippen molar-refractivity contribution >= 4 is 0 Å². The molecule has 0 amide bonds. The quantitative estimate of drug-likeness (QED) is 0.466. The molecule has 1 N–H and O–H groups in total. The van der Waals surface area contributed by atoms with Crippen molar-refractivity contribution in [2.75, 3.05) is 0 Å². The topological polar surface area (TPSA) is 20.2 Å². The van der Waals surface area contributed by atoms with E-state index in [9.17, 15) is 40.2 Å². The average Bonchev–Trinajstić information content (AvgIpc) is 3.19. The van der Waals surface area contributed by atoms with Gasteiger partial charge in [0.25, 0.3) is 11.5 Å². The highest BCUT2D eigenvalue weighted by atomic mass is 19.4. The first-order chi connectivity index (χ1) is 12.5. The Morgan fingerprint density at radius 1 is 0.786 bits per heavy atom. The molecule has 0 aliphatic heterocycles. The molecule has 4 aliphatic carbocycles. The molecule has 4 fully saturated rings. The molecule has 9 unspecified atom stereocenters. The van der Waals surface area contributed by atoms with Crippen molar-refractivity contribution < 1.29 is 44.6 Å². The molecule has 0 aromatic heterocycles. The van der Waals surface area contributed by atoms with Gasteiger partial charge in [0.05, 0.1) is 0 Å². The van der Waals surface area contributed by atoms with Gasteiger partial charge in [-0.2, -0.15) is 26.3 Å². The van der Waals surface area contributed by atoms with Gasteiger partial charge in [-0.15, -0.1) is 0 Å². The molecule has 0 saturated heterocycles. The summed E-state index contributed by atoms with van der Waals surface area (Å²) in [5.41, 5.74) is -9.57. The number of rotatable bonds is 2. The zero-order valence-corrected chi connectivity index (χ0v) is 15.1. The van der Waals surface area contributed by atoms with Crippen LogP contribution in [-0.2, 0) is 0 Å². The number of hydrogen-bond donors (Lipinski definition) is 1. The molecular weight excluding hydrogens is 403 g/mol. The molecule has 4 saturated carbocycles. The zero-order valence-electron chi connectivity index (χ0n) is 15.1. The molecule has 9 atom stereocenters. The molecule has 1 nitrogen and oxygen atoms in total. The van der Waals surface area contributed by atoms with Gasteiger partial charge in [-0.1, -0.05) is 13.8 Å². The van der Waals surface area contributed by atoms with E-state index in [0.717, 1.165) is 0 Å². The lowest BCUT2D eigenvalue weighted by molar-refractivity contribution is -0.384. The van der Waals surface area contributed by atoms with E-state index in [1.807, 2.05) is 13.8 Å². The molecule has 0 aromatic rings. The van der Waals surface area contributed by atoms with Gasteiger partial charge in [0.15, 0.2) is 5.67 Å². The van der Waals surface area contributed by atoms with Crippen molar-refractivity contribution in [3.8, 4) is 0 Å². The Hall–Kier alpha value is -0.670. The van der Waals surface area contributed by atoms with E-state index < -0.39 is 66.1 Å². The second-order valence-electron chi connectivity index (χ2n) is 9.40. The van der Waals surface area contributed by atoms with E-state index in [-0.39, 0.29) is 23.7 Å². The molecule has 4 bridgehead atoms. The lowest BCUT2D eigenvalue weighted by Gasteiger charge is -2.50. The third kappa shape index (κ3) is 2.11.